The molecule has 142 valence electrons. The first-order valence-electron chi connectivity index (χ1n) is 9.78. The second kappa shape index (κ2) is 6.74. The van der Waals surface area contributed by atoms with Gasteiger partial charge in [0.2, 0.25) is 0 Å². The van der Waals surface area contributed by atoms with Crippen molar-refractivity contribution in [1.29, 1.82) is 0 Å². The maximum Gasteiger partial charge on any atom is 0.132 e. The fraction of sp³-hybridized carbons (Fsp3) is 0.333. The SMILES string of the molecule is Cc1n[nH]c(C)c1-c1ccc2[nH]nc(-c3cc(N4CCCCC4)ncn3)c2c1. The number of benzene rings is 1. The highest BCUT2D eigenvalue weighted by Gasteiger charge is 2.17. The molecule has 1 fully saturated rings. The number of H-pyrrole nitrogens is 2. The van der Waals surface area contributed by atoms with Gasteiger partial charge in [0.05, 0.1) is 16.9 Å². The Morgan fingerprint density at radius 3 is 2.57 bits per heavy atom. The van der Waals surface area contributed by atoms with E-state index in [-0.39, 0.29) is 0 Å². The quantitative estimate of drug-likeness (QED) is 0.566. The molecular weight excluding hydrogens is 350 g/mol. The number of nitrogens with zero attached hydrogens (tertiary/aromatic N) is 5. The normalized spacial score (nSPS) is 14.7. The maximum absolute atomic E-state index is 4.56. The number of anilines is 1. The first-order valence-corrected chi connectivity index (χ1v) is 9.78. The van der Waals surface area contributed by atoms with Crippen molar-refractivity contribution in [1.82, 2.24) is 30.4 Å². The van der Waals surface area contributed by atoms with Crippen LogP contribution in [0, 0.1) is 13.8 Å². The van der Waals surface area contributed by atoms with Crippen molar-refractivity contribution >= 4 is 16.7 Å². The molecule has 3 aromatic heterocycles. The second-order valence-electron chi connectivity index (χ2n) is 7.45. The summed E-state index contributed by atoms with van der Waals surface area (Å²) in [6, 6.07) is 8.40. The van der Waals surface area contributed by atoms with E-state index in [2.05, 4.69) is 59.5 Å². The highest BCUT2D eigenvalue weighted by atomic mass is 15.2. The van der Waals surface area contributed by atoms with E-state index in [1.165, 1.54) is 19.3 Å². The zero-order chi connectivity index (χ0) is 19.1. The molecule has 1 aliphatic rings. The van der Waals surface area contributed by atoms with E-state index in [1.54, 1.807) is 6.33 Å². The molecule has 28 heavy (non-hydrogen) atoms. The predicted octanol–water partition coefficient (Wildman–Crippen LogP) is 4.02. The summed E-state index contributed by atoms with van der Waals surface area (Å²) in [6.45, 7) is 6.18. The average Bonchev–Trinajstić information content (AvgIpc) is 3.31. The number of fused-ring (bicyclic) bond motifs is 1. The third kappa shape index (κ3) is 2.83. The van der Waals surface area contributed by atoms with Crippen LogP contribution in [0.4, 0.5) is 5.82 Å². The summed E-state index contributed by atoms with van der Waals surface area (Å²) >= 11 is 0. The molecule has 5 rings (SSSR count). The molecule has 0 unspecified atom stereocenters. The molecule has 4 aromatic rings. The molecule has 0 amide bonds. The Hall–Kier alpha value is -3.22. The first kappa shape index (κ1) is 16.9. The molecule has 2 N–H and O–H groups in total. The van der Waals surface area contributed by atoms with Gasteiger partial charge in [0, 0.05) is 35.8 Å². The Morgan fingerprint density at radius 1 is 0.929 bits per heavy atom. The van der Waals surface area contributed by atoms with Gasteiger partial charge < -0.3 is 4.90 Å². The van der Waals surface area contributed by atoms with Crippen molar-refractivity contribution in [2.75, 3.05) is 18.0 Å². The average molecular weight is 373 g/mol. The Labute approximate surface area is 163 Å². The summed E-state index contributed by atoms with van der Waals surface area (Å²) < 4.78 is 0. The smallest absolute Gasteiger partial charge is 0.132 e. The number of hydrogen-bond donors (Lipinski definition) is 2. The van der Waals surface area contributed by atoms with Gasteiger partial charge in [-0.05, 0) is 50.8 Å². The minimum atomic E-state index is 0.847. The van der Waals surface area contributed by atoms with Gasteiger partial charge in [-0.2, -0.15) is 10.2 Å². The Bertz CT molecular complexity index is 1120. The lowest BCUT2D eigenvalue weighted by Gasteiger charge is -2.27. The van der Waals surface area contributed by atoms with Crippen LogP contribution in [0.25, 0.3) is 33.4 Å². The summed E-state index contributed by atoms with van der Waals surface area (Å²) in [5.41, 5.74) is 7.04. The number of aromatic amines is 2. The van der Waals surface area contributed by atoms with E-state index in [1.807, 2.05) is 13.8 Å². The van der Waals surface area contributed by atoms with Gasteiger partial charge in [0.25, 0.3) is 0 Å². The molecule has 7 nitrogen and oxygen atoms in total. The van der Waals surface area contributed by atoms with Crippen LogP contribution in [-0.2, 0) is 0 Å². The van der Waals surface area contributed by atoms with E-state index < -0.39 is 0 Å². The van der Waals surface area contributed by atoms with Crippen molar-refractivity contribution in [3.8, 4) is 22.5 Å². The van der Waals surface area contributed by atoms with Crippen LogP contribution in [0.2, 0.25) is 0 Å². The highest BCUT2D eigenvalue weighted by Crippen LogP contribution is 2.32. The Kier molecular flexibility index (Phi) is 4.07. The van der Waals surface area contributed by atoms with Gasteiger partial charge in [0.15, 0.2) is 0 Å². The van der Waals surface area contributed by atoms with Crippen molar-refractivity contribution in [2.45, 2.75) is 33.1 Å². The zero-order valence-electron chi connectivity index (χ0n) is 16.2. The largest absolute Gasteiger partial charge is 0.357 e. The van der Waals surface area contributed by atoms with E-state index in [0.717, 1.165) is 63.7 Å². The van der Waals surface area contributed by atoms with Crippen LogP contribution < -0.4 is 4.90 Å². The highest BCUT2D eigenvalue weighted by molar-refractivity contribution is 5.95. The predicted molar refractivity (Wildman–Crippen MR) is 110 cm³/mol. The van der Waals surface area contributed by atoms with Crippen LogP contribution in [0.1, 0.15) is 30.7 Å². The van der Waals surface area contributed by atoms with Gasteiger partial charge >= 0.3 is 0 Å². The van der Waals surface area contributed by atoms with Gasteiger partial charge in [-0.3, -0.25) is 10.2 Å². The summed E-state index contributed by atoms with van der Waals surface area (Å²) in [6.07, 6.45) is 5.39. The third-order valence-electron chi connectivity index (χ3n) is 5.55. The lowest BCUT2D eigenvalue weighted by Crippen LogP contribution is -2.30. The maximum atomic E-state index is 4.56. The fourth-order valence-corrected chi connectivity index (χ4v) is 4.11. The molecule has 1 saturated heterocycles. The van der Waals surface area contributed by atoms with Crippen LogP contribution in [-0.4, -0.2) is 43.5 Å². The molecule has 4 heterocycles. The molecule has 7 heteroatoms. The molecule has 0 spiro atoms. The van der Waals surface area contributed by atoms with Crippen LogP contribution in [0.5, 0.6) is 0 Å². The summed E-state index contributed by atoms with van der Waals surface area (Å²) in [4.78, 5) is 11.4. The van der Waals surface area contributed by atoms with Crippen LogP contribution in [0.15, 0.2) is 30.6 Å². The summed E-state index contributed by atoms with van der Waals surface area (Å²) in [5.74, 6) is 0.985. The molecule has 1 aliphatic heterocycles. The van der Waals surface area contributed by atoms with Crippen molar-refractivity contribution < 1.29 is 0 Å². The van der Waals surface area contributed by atoms with Gasteiger partial charge in [-0.25, -0.2) is 9.97 Å². The molecule has 1 aromatic carbocycles. The topological polar surface area (TPSA) is 86.4 Å². The van der Waals surface area contributed by atoms with Crippen LogP contribution in [0.3, 0.4) is 0 Å². The van der Waals surface area contributed by atoms with Crippen LogP contribution >= 0.6 is 0 Å². The summed E-state index contributed by atoms with van der Waals surface area (Å²) in [5, 5.41) is 16.2. The minimum absolute atomic E-state index is 0.847. The first-order chi connectivity index (χ1) is 13.7. The Balaban J connectivity index is 1.59. The standard InChI is InChI=1S/C21H23N7/c1-13-20(14(2)25-24-13)15-6-7-17-16(10-15)21(27-26-17)18-11-19(23-12-22-18)28-8-4-3-5-9-28/h6-7,10-12H,3-5,8-9H2,1-2H3,(H,24,25)(H,26,27). The van der Waals surface area contributed by atoms with Crippen molar-refractivity contribution in [2.24, 2.45) is 0 Å². The third-order valence-corrected chi connectivity index (χ3v) is 5.55. The lowest BCUT2D eigenvalue weighted by molar-refractivity contribution is 0.573. The molecule has 0 atom stereocenters. The van der Waals surface area contributed by atoms with Crippen molar-refractivity contribution in [3.63, 3.8) is 0 Å². The van der Waals surface area contributed by atoms with Gasteiger partial charge in [-0.1, -0.05) is 6.07 Å². The molecule has 0 bridgehead atoms. The molecule has 0 aliphatic carbocycles. The number of aryl methyl sites for hydroxylation is 2. The number of piperidine rings is 1. The van der Waals surface area contributed by atoms with Gasteiger partial charge in [0.1, 0.15) is 17.8 Å². The van der Waals surface area contributed by atoms with E-state index in [9.17, 15) is 0 Å². The zero-order valence-corrected chi connectivity index (χ0v) is 16.2. The van der Waals surface area contributed by atoms with E-state index in [4.69, 9.17) is 0 Å². The lowest BCUT2D eigenvalue weighted by atomic mass is 10.0. The number of nitrogens with one attached hydrogen (secondary N) is 2. The number of aromatic nitrogens is 6. The molecule has 0 radical (unpaired) electrons. The molecule has 0 saturated carbocycles. The summed E-state index contributed by atoms with van der Waals surface area (Å²) in [7, 11) is 0. The van der Waals surface area contributed by atoms with E-state index in [0.29, 0.717) is 0 Å². The minimum Gasteiger partial charge on any atom is -0.357 e. The number of rotatable bonds is 3. The van der Waals surface area contributed by atoms with E-state index >= 15 is 0 Å². The number of hydrogen-bond acceptors (Lipinski definition) is 5. The Morgan fingerprint density at radius 2 is 1.79 bits per heavy atom. The van der Waals surface area contributed by atoms with Crippen molar-refractivity contribution in [3.05, 3.63) is 42.0 Å². The monoisotopic (exact) mass is 373 g/mol. The van der Waals surface area contributed by atoms with Gasteiger partial charge in [-0.15, -0.1) is 0 Å². The molecular formula is C21H23N7. The fourth-order valence-electron chi connectivity index (χ4n) is 4.11. The second-order valence-corrected chi connectivity index (χ2v) is 7.45.